The lowest BCUT2D eigenvalue weighted by atomic mass is 10.2. The molecule has 5 heteroatoms. The molecule has 2 N–H and O–H groups in total. The molecule has 0 saturated carbocycles. The molecule has 0 radical (unpaired) electrons. The number of nitrogens with one attached hydrogen (secondary N) is 1. The van der Waals surface area contributed by atoms with Gasteiger partial charge in [0.15, 0.2) is 0 Å². The fourth-order valence-electron chi connectivity index (χ4n) is 1.23. The highest BCUT2D eigenvalue weighted by molar-refractivity contribution is 7.98. The summed E-state index contributed by atoms with van der Waals surface area (Å²) in [5, 5.41) is 13.0. The lowest BCUT2D eigenvalue weighted by Crippen LogP contribution is -2.13. The first kappa shape index (κ1) is 14.6. The van der Waals surface area contributed by atoms with Crippen LogP contribution in [0.25, 0.3) is 0 Å². The van der Waals surface area contributed by atoms with E-state index in [1.54, 1.807) is 11.8 Å². The lowest BCUT2D eigenvalue weighted by Gasteiger charge is -2.11. The van der Waals surface area contributed by atoms with Gasteiger partial charge in [0.25, 0.3) is 0 Å². The van der Waals surface area contributed by atoms with Crippen LogP contribution in [0.1, 0.15) is 18.2 Å². The molecule has 0 aromatic carbocycles. The van der Waals surface area contributed by atoms with Crippen LogP contribution >= 0.6 is 24.2 Å². The van der Waals surface area contributed by atoms with Crippen LogP contribution in [-0.2, 0) is 6.54 Å². The topological polar surface area (TPSA) is 45.2 Å². The molecule has 0 atom stereocenters. The van der Waals surface area contributed by atoms with Crippen molar-refractivity contribution in [1.29, 1.82) is 0 Å². The van der Waals surface area contributed by atoms with Gasteiger partial charge in [-0.2, -0.15) is 0 Å². The van der Waals surface area contributed by atoms with Gasteiger partial charge in [-0.1, -0.05) is 6.92 Å². The summed E-state index contributed by atoms with van der Waals surface area (Å²) >= 11 is 1.61. The number of hydrogen-bond donors (Lipinski definition) is 2. The zero-order valence-electron chi connectivity index (χ0n) is 9.20. The number of aryl methyl sites for hydroxylation is 1. The van der Waals surface area contributed by atoms with Crippen LogP contribution in [0.4, 0.5) is 0 Å². The minimum atomic E-state index is 0. The van der Waals surface area contributed by atoms with E-state index in [-0.39, 0.29) is 12.4 Å². The van der Waals surface area contributed by atoms with Crippen molar-refractivity contribution in [2.24, 2.45) is 0 Å². The second-order valence-corrected chi connectivity index (χ2v) is 3.87. The molecule has 0 amide bonds. The molecular weight excluding hydrogens is 232 g/mol. The van der Waals surface area contributed by atoms with Crippen LogP contribution in [0.2, 0.25) is 0 Å². The monoisotopic (exact) mass is 248 g/mol. The summed E-state index contributed by atoms with van der Waals surface area (Å²) in [6.07, 6.45) is 3.80. The van der Waals surface area contributed by atoms with Gasteiger partial charge < -0.3 is 10.4 Å². The number of halogens is 1. The molecule has 86 valence electrons. The van der Waals surface area contributed by atoms with Gasteiger partial charge in [-0.15, -0.1) is 24.2 Å². The maximum atomic E-state index is 9.82. The minimum Gasteiger partial charge on any atom is -0.506 e. The second kappa shape index (κ2) is 6.93. The number of nitrogens with zero attached hydrogens (tertiary/aromatic N) is 1. The Morgan fingerprint density at radius 1 is 1.53 bits per heavy atom. The average molecular weight is 249 g/mol. The molecule has 1 heterocycles. The number of rotatable bonds is 4. The Bertz CT molecular complexity index is 321. The lowest BCUT2D eigenvalue weighted by molar-refractivity contribution is 0.454. The molecular formula is C10H17ClN2OS. The molecule has 0 unspecified atom stereocenters. The average Bonchev–Trinajstić information content (AvgIpc) is 2.20. The standard InChI is InChI=1S/C10H16N2OS.ClH/c1-4-11-5-8-9(14-3)6-12-7(2)10(8)13;/h6,11,13H,4-5H2,1-3H3;1H. The van der Waals surface area contributed by atoms with Crippen LogP contribution < -0.4 is 5.32 Å². The van der Waals surface area contributed by atoms with Gasteiger partial charge in [0.05, 0.1) is 5.69 Å². The normalized spacial score (nSPS) is 9.80. The van der Waals surface area contributed by atoms with Crippen LogP contribution in [0.5, 0.6) is 5.75 Å². The summed E-state index contributed by atoms with van der Waals surface area (Å²) in [4.78, 5) is 5.16. The van der Waals surface area contributed by atoms with Crippen molar-refractivity contribution in [2.75, 3.05) is 12.8 Å². The fraction of sp³-hybridized carbons (Fsp3) is 0.500. The minimum absolute atomic E-state index is 0. The van der Waals surface area contributed by atoms with Gasteiger partial charge >= 0.3 is 0 Å². The van der Waals surface area contributed by atoms with Crippen molar-refractivity contribution in [1.82, 2.24) is 10.3 Å². The van der Waals surface area contributed by atoms with E-state index in [2.05, 4.69) is 10.3 Å². The first-order chi connectivity index (χ1) is 6.70. The Balaban J connectivity index is 0.00000196. The number of hydrogen-bond acceptors (Lipinski definition) is 4. The molecule has 0 fully saturated rings. The van der Waals surface area contributed by atoms with Crippen LogP contribution in [0.15, 0.2) is 11.1 Å². The summed E-state index contributed by atoms with van der Waals surface area (Å²) in [7, 11) is 0. The molecule has 15 heavy (non-hydrogen) atoms. The maximum absolute atomic E-state index is 9.82. The number of aromatic hydroxyl groups is 1. The van der Waals surface area contributed by atoms with E-state index in [0.717, 1.165) is 17.0 Å². The Labute approximate surface area is 101 Å². The van der Waals surface area contributed by atoms with Crippen molar-refractivity contribution in [3.63, 3.8) is 0 Å². The first-order valence-corrected chi connectivity index (χ1v) is 5.85. The van der Waals surface area contributed by atoms with Gasteiger partial charge in [0.2, 0.25) is 0 Å². The van der Waals surface area contributed by atoms with E-state index < -0.39 is 0 Å². The number of thioether (sulfide) groups is 1. The predicted octanol–water partition coefficient (Wildman–Crippen LogP) is 2.35. The van der Waals surface area contributed by atoms with Gasteiger partial charge in [-0.3, -0.25) is 4.98 Å². The van der Waals surface area contributed by atoms with Crippen molar-refractivity contribution < 1.29 is 5.11 Å². The third-order valence-corrected chi connectivity index (χ3v) is 2.86. The predicted molar refractivity (Wildman–Crippen MR) is 67.0 cm³/mol. The Morgan fingerprint density at radius 2 is 2.20 bits per heavy atom. The molecule has 0 aliphatic heterocycles. The smallest absolute Gasteiger partial charge is 0.142 e. The third kappa shape index (κ3) is 3.55. The highest BCUT2D eigenvalue weighted by atomic mass is 35.5. The van der Waals surface area contributed by atoms with Gasteiger partial charge in [0.1, 0.15) is 5.75 Å². The van der Waals surface area contributed by atoms with E-state index in [1.165, 1.54) is 0 Å². The van der Waals surface area contributed by atoms with Crippen LogP contribution in [0, 0.1) is 6.92 Å². The first-order valence-electron chi connectivity index (χ1n) is 4.62. The van der Waals surface area contributed by atoms with E-state index in [1.807, 2.05) is 26.3 Å². The molecule has 0 aliphatic carbocycles. The zero-order valence-corrected chi connectivity index (χ0v) is 10.8. The van der Waals surface area contributed by atoms with Crippen LogP contribution in [0.3, 0.4) is 0 Å². The third-order valence-electron chi connectivity index (χ3n) is 2.07. The van der Waals surface area contributed by atoms with Crippen molar-refractivity contribution in [3.8, 4) is 5.75 Å². The molecule has 0 bridgehead atoms. The SMILES string of the molecule is CCNCc1c(SC)cnc(C)c1O.Cl. The zero-order chi connectivity index (χ0) is 10.6. The molecule has 0 spiro atoms. The van der Waals surface area contributed by atoms with E-state index >= 15 is 0 Å². The van der Waals surface area contributed by atoms with E-state index in [4.69, 9.17) is 0 Å². The second-order valence-electron chi connectivity index (χ2n) is 3.02. The highest BCUT2D eigenvalue weighted by Gasteiger charge is 2.09. The van der Waals surface area contributed by atoms with Crippen LogP contribution in [-0.4, -0.2) is 22.9 Å². The number of pyridine rings is 1. The Kier molecular flexibility index (Phi) is 6.72. The summed E-state index contributed by atoms with van der Waals surface area (Å²) in [5.74, 6) is 0.317. The molecule has 1 rings (SSSR count). The quantitative estimate of drug-likeness (QED) is 0.803. The molecule has 0 aliphatic rings. The summed E-state index contributed by atoms with van der Waals surface area (Å²) < 4.78 is 0. The van der Waals surface area contributed by atoms with E-state index in [9.17, 15) is 5.11 Å². The van der Waals surface area contributed by atoms with Gasteiger partial charge in [0, 0.05) is 23.2 Å². The van der Waals surface area contributed by atoms with Crippen molar-refractivity contribution in [3.05, 3.63) is 17.5 Å². The summed E-state index contributed by atoms with van der Waals surface area (Å²) in [6, 6.07) is 0. The van der Waals surface area contributed by atoms with Gasteiger partial charge in [-0.05, 0) is 19.7 Å². The Hall–Kier alpha value is -0.450. The molecule has 3 nitrogen and oxygen atoms in total. The summed E-state index contributed by atoms with van der Waals surface area (Å²) in [5.41, 5.74) is 1.64. The summed E-state index contributed by atoms with van der Waals surface area (Å²) in [6.45, 7) is 5.45. The van der Waals surface area contributed by atoms with E-state index in [0.29, 0.717) is 18.0 Å². The highest BCUT2D eigenvalue weighted by Crippen LogP contribution is 2.29. The molecule has 1 aromatic rings. The number of aromatic nitrogens is 1. The van der Waals surface area contributed by atoms with Gasteiger partial charge in [-0.25, -0.2) is 0 Å². The fourth-order valence-corrected chi connectivity index (χ4v) is 1.80. The largest absolute Gasteiger partial charge is 0.506 e. The maximum Gasteiger partial charge on any atom is 0.142 e. The Morgan fingerprint density at radius 3 is 2.73 bits per heavy atom. The molecule has 1 aromatic heterocycles. The van der Waals surface area contributed by atoms with Crippen molar-refractivity contribution >= 4 is 24.2 Å². The molecule has 0 saturated heterocycles. The van der Waals surface area contributed by atoms with Crippen molar-refractivity contribution in [2.45, 2.75) is 25.3 Å².